The van der Waals surface area contributed by atoms with E-state index in [-0.39, 0.29) is 12.0 Å². The van der Waals surface area contributed by atoms with Crippen LogP contribution in [0.4, 0.5) is 0 Å². The fourth-order valence-corrected chi connectivity index (χ4v) is 2.51. The molecule has 1 N–H and O–H groups in total. The van der Waals surface area contributed by atoms with Gasteiger partial charge in [-0.25, -0.2) is 5.43 Å². The van der Waals surface area contributed by atoms with Crippen molar-refractivity contribution in [3.05, 3.63) is 34.9 Å². The van der Waals surface area contributed by atoms with E-state index >= 15 is 0 Å². The number of hydrazone groups is 1. The number of nitrogens with zero attached hydrogens (tertiary/aromatic N) is 2. The van der Waals surface area contributed by atoms with Gasteiger partial charge in [-0.1, -0.05) is 45.9 Å². The van der Waals surface area contributed by atoms with E-state index < -0.39 is 0 Å². The van der Waals surface area contributed by atoms with Crippen LogP contribution in [0.3, 0.4) is 0 Å². The number of nitrogens with one attached hydrogen (secondary N) is 1. The van der Waals surface area contributed by atoms with Crippen molar-refractivity contribution in [2.45, 2.75) is 39.5 Å². The molecule has 0 saturated heterocycles. The van der Waals surface area contributed by atoms with Crippen LogP contribution in [0.5, 0.6) is 5.75 Å². The summed E-state index contributed by atoms with van der Waals surface area (Å²) in [6.07, 6.45) is 1.35. The van der Waals surface area contributed by atoms with Gasteiger partial charge >= 0.3 is 0 Å². The summed E-state index contributed by atoms with van der Waals surface area (Å²) in [5, 5.41) is 4.60. The van der Waals surface area contributed by atoms with Gasteiger partial charge in [0.1, 0.15) is 12.4 Å². The molecule has 1 amide bonds. The van der Waals surface area contributed by atoms with Crippen LogP contribution in [0, 0.1) is 0 Å². The van der Waals surface area contributed by atoms with Crippen molar-refractivity contribution in [1.82, 2.24) is 10.3 Å². The molecule has 0 bridgehead atoms. The third-order valence-electron chi connectivity index (χ3n) is 3.80. The maximum atomic E-state index is 10.5. The Morgan fingerprint density at radius 3 is 2.52 bits per heavy atom. The summed E-state index contributed by atoms with van der Waals surface area (Å²) < 4.78 is 5.99. The van der Waals surface area contributed by atoms with Gasteiger partial charge in [0, 0.05) is 19.7 Å². The molecule has 0 fully saturated rings. The highest BCUT2D eigenvalue weighted by molar-refractivity contribution is 6.32. The lowest BCUT2D eigenvalue weighted by Crippen LogP contribution is -2.30. The summed E-state index contributed by atoms with van der Waals surface area (Å²) in [5.74, 6) is 1.29. The summed E-state index contributed by atoms with van der Waals surface area (Å²) in [5.41, 5.74) is 5.16. The van der Waals surface area contributed by atoms with E-state index in [2.05, 4.69) is 50.9 Å². The molecule has 0 unspecified atom stereocenters. The maximum absolute atomic E-state index is 10.5. The Morgan fingerprint density at radius 1 is 1.40 bits per heavy atom. The Hall–Kier alpha value is -2.01. The van der Waals surface area contributed by atoms with Gasteiger partial charge in [-0.3, -0.25) is 4.79 Å². The minimum Gasteiger partial charge on any atom is -0.485 e. The molecule has 1 aromatic carbocycles. The largest absolute Gasteiger partial charge is 0.485 e. The topological polar surface area (TPSA) is 53.9 Å². The van der Waals surface area contributed by atoms with E-state index in [1.807, 2.05) is 20.2 Å². The van der Waals surface area contributed by atoms with E-state index in [1.165, 1.54) is 0 Å². The first kappa shape index (κ1) is 21.0. The first-order valence-corrected chi connectivity index (χ1v) is 8.57. The Balaban J connectivity index is 3.23. The average Bonchev–Trinajstić information content (AvgIpc) is 2.52. The number of benzene rings is 1. The number of hydrogen-bond acceptors (Lipinski definition) is 3. The number of carbonyl (C=O) groups is 1. The standard InChI is InChI=1S/C19H28ClN3O2/c1-8-13(2)14-9-15(19(3,4)5)17(10-16(14)20)25-11-18(23(6)7)22-21-12-24/h9-10,12H,2,8,11H2,1,3-7H3,(H,21,24)/b22-18-. The minimum absolute atomic E-state index is 0.126. The van der Waals surface area contributed by atoms with Gasteiger partial charge in [0.05, 0.1) is 5.02 Å². The fourth-order valence-electron chi connectivity index (χ4n) is 2.23. The van der Waals surface area contributed by atoms with E-state index in [1.54, 1.807) is 4.90 Å². The lowest BCUT2D eigenvalue weighted by molar-refractivity contribution is -0.109. The van der Waals surface area contributed by atoms with Crippen molar-refractivity contribution in [2.75, 3.05) is 20.7 Å². The van der Waals surface area contributed by atoms with Crippen molar-refractivity contribution >= 4 is 29.4 Å². The van der Waals surface area contributed by atoms with Crippen LogP contribution in [-0.4, -0.2) is 37.8 Å². The SMILES string of the molecule is C=C(CC)c1cc(C(C)(C)C)c(OC/C(=N/NC=O)N(C)C)cc1Cl. The molecule has 6 heteroatoms. The predicted octanol–water partition coefficient (Wildman–Crippen LogP) is 4.06. The summed E-state index contributed by atoms with van der Waals surface area (Å²) in [7, 11) is 3.67. The first-order valence-electron chi connectivity index (χ1n) is 8.19. The zero-order valence-corrected chi connectivity index (χ0v) is 16.7. The highest BCUT2D eigenvalue weighted by atomic mass is 35.5. The molecule has 0 aliphatic heterocycles. The maximum Gasteiger partial charge on any atom is 0.227 e. The quantitative estimate of drug-likeness (QED) is 0.343. The zero-order valence-electron chi connectivity index (χ0n) is 15.9. The highest BCUT2D eigenvalue weighted by Gasteiger charge is 2.22. The second-order valence-corrected chi connectivity index (χ2v) is 7.40. The number of likely N-dealkylation sites (N-methyl/N-ethyl adjacent to an activating group) is 1. The molecule has 1 aromatic rings. The highest BCUT2D eigenvalue weighted by Crippen LogP contribution is 2.38. The van der Waals surface area contributed by atoms with Crippen molar-refractivity contribution in [2.24, 2.45) is 5.10 Å². The number of allylic oxidation sites excluding steroid dienone is 1. The van der Waals surface area contributed by atoms with Gasteiger partial charge < -0.3 is 9.64 Å². The Morgan fingerprint density at radius 2 is 2.04 bits per heavy atom. The number of rotatable bonds is 7. The molecule has 0 aromatic heterocycles. The van der Waals surface area contributed by atoms with E-state index in [9.17, 15) is 4.79 Å². The van der Waals surface area contributed by atoms with Gasteiger partial charge in [0.25, 0.3) is 0 Å². The predicted molar refractivity (Wildman–Crippen MR) is 105 cm³/mol. The summed E-state index contributed by atoms with van der Waals surface area (Å²) in [4.78, 5) is 12.2. The van der Waals surface area contributed by atoms with Crippen LogP contribution < -0.4 is 10.2 Å². The molecule has 0 aliphatic rings. The van der Waals surface area contributed by atoms with Gasteiger partial charge in [-0.15, -0.1) is 0 Å². The van der Waals surface area contributed by atoms with Gasteiger partial charge in [-0.2, -0.15) is 5.10 Å². The number of amidine groups is 1. The van der Waals surface area contributed by atoms with Gasteiger partial charge in [0.15, 0.2) is 5.84 Å². The van der Waals surface area contributed by atoms with Crippen LogP contribution in [0.15, 0.2) is 23.8 Å². The normalized spacial score (nSPS) is 11.9. The van der Waals surface area contributed by atoms with Crippen LogP contribution in [-0.2, 0) is 10.2 Å². The molecule has 0 spiro atoms. The zero-order chi connectivity index (χ0) is 19.2. The molecule has 0 aliphatic carbocycles. The molecular weight excluding hydrogens is 338 g/mol. The van der Waals surface area contributed by atoms with Crippen LogP contribution in [0.25, 0.3) is 5.57 Å². The Bertz CT molecular complexity index is 661. The number of halogens is 1. The monoisotopic (exact) mass is 365 g/mol. The van der Waals surface area contributed by atoms with Crippen LogP contribution >= 0.6 is 11.6 Å². The van der Waals surface area contributed by atoms with E-state index in [0.717, 1.165) is 23.1 Å². The molecule has 0 atom stereocenters. The minimum atomic E-state index is -0.126. The number of carbonyl (C=O) groups excluding carboxylic acids is 1. The van der Waals surface area contributed by atoms with Crippen LogP contribution in [0.2, 0.25) is 5.02 Å². The number of hydrogen-bond donors (Lipinski definition) is 1. The number of ether oxygens (including phenoxy) is 1. The molecular formula is C19H28ClN3O2. The second kappa shape index (κ2) is 8.90. The number of amides is 1. The average molecular weight is 366 g/mol. The van der Waals surface area contributed by atoms with E-state index in [4.69, 9.17) is 16.3 Å². The van der Waals surface area contributed by atoms with Crippen molar-refractivity contribution in [3.8, 4) is 5.75 Å². The summed E-state index contributed by atoms with van der Waals surface area (Å²) in [6, 6.07) is 3.89. The van der Waals surface area contributed by atoms with Crippen molar-refractivity contribution < 1.29 is 9.53 Å². The van der Waals surface area contributed by atoms with Crippen LogP contribution in [0.1, 0.15) is 45.2 Å². The molecule has 25 heavy (non-hydrogen) atoms. The third kappa shape index (κ3) is 5.78. The fraction of sp³-hybridized carbons (Fsp3) is 0.474. The van der Waals surface area contributed by atoms with Gasteiger partial charge in [0.2, 0.25) is 6.41 Å². The summed E-state index contributed by atoms with van der Waals surface area (Å²) in [6.45, 7) is 12.7. The molecule has 0 heterocycles. The third-order valence-corrected chi connectivity index (χ3v) is 4.12. The molecule has 0 saturated carbocycles. The lowest BCUT2D eigenvalue weighted by Gasteiger charge is -2.25. The lowest BCUT2D eigenvalue weighted by atomic mass is 9.84. The molecule has 1 rings (SSSR count). The summed E-state index contributed by atoms with van der Waals surface area (Å²) >= 11 is 6.45. The second-order valence-electron chi connectivity index (χ2n) is 6.99. The molecule has 138 valence electrons. The van der Waals surface area contributed by atoms with E-state index in [0.29, 0.717) is 23.0 Å². The first-order chi connectivity index (χ1) is 11.6. The van der Waals surface area contributed by atoms with Crippen molar-refractivity contribution in [3.63, 3.8) is 0 Å². The van der Waals surface area contributed by atoms with Gasteiger partial charge in [-0.05, 0) is 35.1 Å². The smallest absolute Gasteiger partial charge is 0.227 e. The van der Waals surface area contributed by atoms with Crippen molar-refractivity contribution in [1.29, 1.82) is 0 Å². The molecule has 5 nitrogen and oxygen atoms in total. The Kier molecular flexibility index (Phi) is 7.49. The Labute approximate surface area is 155 Å². The molecule has 0 radical (unpaired) electrons.